The Labute approximate surface area is 146 Å². The Kier molecular flexibility index (Phi) is 4.06. The van der Waals surface area contributed by atoms with Crippen LogP contribution in [0.15, 0.2) is 54.7 Å². The molecule has 0 fully saturated rings. The van der Waals surface area contributed by atoms with Crippen LogP contribution in [0.5, 0.6) is 0 Å². The summed E-state index contributed by atoms with van der Waals surface area (Å²) in [6.45, 7) is 1.85. The SMILES string of the molecule is C[C](Cc1c[nH]c2ccccc12)C(=O)NC1c2ccccc2CC1O. The summed E-state index contributed by atoms with van der Waals surface area (Å²) in [4.78, 5) is 15.9. The van der Waals surface area contributed by atoms with Crippen LogP contribution in [0, 0.1) is 5.92 Å². The molecular formula is C21H21N2O2. The number of benzene rings is 2. The fourth-order valence-electron chi connectivity index (χ4n) is 3.66. The normalized spacial score (nSPS) is 19.3. The van der Waals surface area contributed by atoms with Gasteiger partial charge >= 0.3 is 0 Å². The molecule has 1 heterocycles. The highest BCUT2D eigenvalue weighted by molar-refractivity contribution is 5.92. The molecule has 2 aromatic carbocycles. The number of carbonyl (C=O) groups excluding carboxylic acids is 1. The quantitative estimate of drug-likeness (QED) is 0.687. The number of aromatic amines is 1. The van der Waals surface area contributed by atoms with Gasteiger partial charge in [0.05, 0.1) is 18.1 Å². The lowest BCUT2D eigenvalue weighted by molar-refractivity contribution is -0.120. The first-order valence-electron chi connectivity index (χ1n) is 8.57. The van der Waals surface area contributed by atoms with Gasteiger partial charge in [-0.3, -0.25) is 4.79 Å². The van der Waals surface area contributed by atoms with Crippen molar-refractivity contribution in [2.24, 2.45) is 0 Å². The monoisotopic (exact) mass is 333 g/mol. The van der Waals surface area contributed by atoms with Gasteiger partial charge in [0.15, 0.2) is 0 Å². The highest BCUT2D eigenvalue weighted by atomic mass is 16.3. The standard InChI is InChI=1S/C21H21N2O2/c1-13(10-15-12-22-18-9-5-4-7-16(15)18)21(25)23-20-17-8-3-2-6-14(17)11-19(20)24/h2-9,12,19-20,22,24H,10-11H2,1H3,(H,23,25). The van der Waals surface area contributed by atoms with Gasteiger partial charge in [0.2, 0.25) is 5.91 Å². The van der Waals surface area contributed by atoms with E-state index >= 15 is 0 Å². The minimum Gasteiger partial charge on any atom is -0.390 e. The number of fused-ring (bicyclic) bond motifs is 2. The molecule has 3 N–H and O–H groups in total. The molecule has 4 heteroatoms. The van der Waals surface area contributed by atoms with Crippen molar-refractivity contribution >= 4 is 16.8 Å². The summed E-state index contributed by atoms with van der Waals surface area (Å²) in [5.41, 5.74) is 4.30. The van der Waals surface area contributed by atoms with Crippen LogP contribution in [0.2, 0.25) is 0 Å². The predicted molar refractivity (Wildman–Crippen MR) is 98.0 cm³/mol. The van der Waals surface area contributed by atoms with Gasteiger partial charge in [-0.15, -0.1) is 0 Å². The number of para-hydroxylation sites is 1. The van der Waals surface area contributed by atoms with Crippen molar-refractivity contribution in [2.75, 3.05) is 0 Å². The van der Waals surface area contributed by atoms with E-state index in [0.717, 1.165) is 33.5 Å². The first-order valence-corrected chi connectivity index (χ1v) is 8.57. The summed E-state index contributed by atoms with van der Waals surface area (Å²) in [5, 5.41) is 14.5. The number of hydrogen-bond donors (Lipinski definition) is 3. The van der Waals surface area contributed by atoms with E-state index in [1.54, 1.807) is 0 Å². The minimum absolute atomic E-state index is 0.106. The lowest BCUT2D eigenvalue weighted by atomic mass is 9.99. The number of H-pyrrole nitrogens is 1. The smallest absolute Gasteiger partial charge is 0.227 e. The van der Waals surface area contributed by atoms with E-state index in [2.05, 4.69) is 16.4 Å². The third-order valence-electron chi connectivity index (χ3n) is 5.01. The third kappa shape index (κ3) is 2.94. The molecular weight excluding hydrogens is 312 g/mol. The molecule has 2 unspecified atom stereocenters. The predicted octanol–water partition coefficient (Wildman–Crippen LogP) is 3.08. The van der Waals surface area contributed by atoms with Gasteiger partial charge in [0.1, 0.15) is 0 Å². The number of aliphatic hydroxyl groups excluding tert-OH is 1. The van der Waals surface area contributed by atoms with E-state index in [9.17, 15) is 9.90 Å². The molecule has 1 aliphatic rings. The van der Waals surface area contributed by atoms with Crippen molar-refractivity contribution in [1.29, 1.82) is 0 Å². The maximum Gasteiger partial charge on any atom is 0.227 e. The van der Waals surface area contributed by atoms with Gasteiger partial charge < -0.3 is 15.4 Å². The maximum absolute atomic E-state index is 12.6. The second-order valence-corrected chi connectivity index (χ2v) is 6.74. The first-order chi connectivity index (χ1) is 12.1. The Morgan fingerprint density at radius 1 is 1.20 bits per heavy atom. The molecule has 0 bridgehead atoms. The zero-order valence-electron chi connectivity index (χ0n) is 14.1. The van der Waals surface area contributed by atoms with Gasteiger partial charge in [-0.2, -0.15) is 0 Å². The first kappa shape index (κ1) is 15.9. The Morgan fingerprint density at radius 2 is 1.96 bits per heavy atom. The fourth-order valence-corrected chi connectivity index (χ4v) is 3.66. The van der Waals surface area contributed by atoms with E-state index < -0.39 is 6.10 Å². The number of hydrogen-bond acceptors (Lipinski definition) is 2. The van der Waals surface area contributed by atoms with Crippen LogP contribution in [-0.2, 0) is 17.6 Å². The van der Waals surface area contributed by atoms with E-state index in [1.165, 1.54) is 0 Å². The van der Waals surface area contributed by atoms with Gasteiger partial charge in [0.25, 0.3) is 0 Å². The lowest BCUT2D eigenvalue weighted by Gasteiger charge is -2.20. The summed E-state index contributed by atoms with van der Waals surface area (Å²) in [7, 11) is 0. The third-order valence-corrected chi connectivity index (χ3v) is 5.01. The molecule has 1 amide bonds. The van der Waals surface area contributed by atoms with Crippen LogP contribution in [-0.4, -0.2) is 22.1 Å². The average Bonchev–Trinajstić information content (AvgIpc) is 3.16. The summed E-state index contributed by atoms with van der Waals surface area (Å²) in [6, 6.07) is 15.6. The summed E-state index contributed by atoms with van der Waals surface area (Å²) in [5.74, 6) is 0.632. The molecule has 1 aliphatic carbocycles. The molecule has 1 aromatic heterocycles. The second-order valence-electron chi connectivity index (χ2n) is 6.74. The minimum atomic E-state index is -0.567. The Morgan fingerprint density at radius 3 is 2.84 bits per heavy atom. The number of aliphatic hydroxyl groups is 1. The lowest BCUT2D eigenvalue weighted by Crippen LogP contribution is -2.36. The average molecular weight is 333 g/mol. The number of amides is 1. The zero-order chi connectivity index (χ0) is 17.4. The molecule has 127 valence electrons. The van der Waals surface area contributed by atoms with Crippen LogP contribution in [0.3, 0.4) is 0 Å². The Balaban J connectivity index is 1.48. The number of nitrogens with one attached hydrogen (secondary N) is 2. The molecule has 4 rings (SSSR count). The molecule has 0 spiro atoms. The topological polar surface area (TPSA) is 65.1 Å². The molecule has 1 radical (unpaired) electrons. The van der Waals surface area contributed by atoms with Crippen LogP contribution < -0.4 is 5.32 Å². The van der Waals surface area contributed by atoms with E-state index in [1.807, 2.05) is 55.6 Å². The van der Waals surface area contributed by atoms with Gasteiger partial charge in [-0.1, -0.05) is 42.5 Å². The summed E-state index contributed by atoms with van der Waals surface area (Å²) < 4.78 is 0. The molecule has 0 saturated carbocycles. The van der Waals surface area contributed by atoms with E-state index in [4.69, 9.17) is 0 Å². The van der Waals surface area contributed by atoms with E-state index in [0.29, 0.717) is 12.8 Å². The van der Waals surface area contributed by atoms with Crippen LogP contribution >= 0.6 is 0 Å². The highest BCUT2D eigenvalue weighted by Gasteiger charge is 2.32. The second kappa shape index (κ2) is 6.37. The molecule has 25 heavy (non-hydrogen) atoms. The molecule has 3 aromatic rings. The Bertz CT molecular complexity index is 915. The molecule has 0 saturated heterocycles. The highest BCUT2D eigenvalue weighted by Crippen LogP contribution is 2.31. The van der Waals surface area contributed by atoms with E-state index in [-0.39, 0.29) is 11.9 Å². The van der Waals surface area contributed by atoms with Gasteiger partial charge in [-0.25, -0.2) is 0 Å². The zero-order valence-corrected chi connectivity index (χ0v) is 14.1. The number of aromatic nitrogens is 1. The Hall–Kier alpha value is -2.59. The maximum atomic E-state index is 12.6. The largest absolute Gasteiger partial charge is 0.390 e. The number of rotatable bonds is 4. The van der Waals surface area contributed by atoms with Crippen molar-refractivity contribution in [2.45, 2.75) is 31.9 Å². The van der Waals surface area contributed by atoms with Crippen LogP contribution in [0.25, 0.3) is 10.9 Å². The summed E-state index contributed by atoms with van der Waals surface area (Å²) in [6.07, 6.45) is 2.56. The van der Waals surface area contributed by atoms with Crippen molar-refractivity contribution in [3.63, 3.8) is 0 Å². The number of carbonyl (C=O) groups is 1. The molecule has 4 nitrogen and oxygen atoms in total. The molecule has 0 aliphatic heterocycles. The fraction of sp³-hybridized carbons (Fsp3) is 0.238. The van der Waals surface area contributed by atoms with Crippen LogP contribution in [0.4, 0.5) is 0 Å². The van der Waals surface area contributed by atoms with Crippen molar-refractivity contribution in [3.05, 3.63) is 77.3 Å². The van der Waals surface area contributed by atoms with Gasteiger partial charge in [0, 0.05) is 23.5 Å². The van der Waals surface area contributed by atoms with Crippen molar-refractivity contribution in [1.82, 2.24) is 10.3 Å². The molecule has 2 atom stereocenters. The van der Waals surface area contributed by atoms with Crippen molar-refractivity contribution in [3.8, 4) is 0 Å². The van der Waals surface area contributed by atoms with Gasteiger partial charge in [-0.05, 0) is 36.1 Å². The van der Waals surface area contributed by atoms with Crippen LogP contribution in [0.1, 0.15) is 29.7 Å². The van der Waals surface area contributed by atoms with Crippen molar-refractivity contribution < 1.29 is 9.90 Å². The summed E-state index contributed by atoms with van der Waals surface area (Å²) >= 11 is 0.